The van der Waals surface area contributed by atoms with Crippen molar-refractivity contribution in [2.24, 2.45) is 29.6 Å². The Bertz CT molecular complexity index is 1930. The maximum atomic E-state index is 14.5. The van der Waals surface area contributed by atoms with Crippen molar-refractivity contribution in [1.29, 1.82) is 0 Å². The molecule has 2 saturated heterocycles. The predicted molar refractivity (Wildman–Crippen MR) is 251 cm³/mol. The van der Waals surface area contributed by atoms with E-state index in [-0.39, 0.29) is 50.0 Å². The highest BCUT2D eigenvalue weighted by molar-refractivity contribution is 7.48. The number of aliphatic hydroxyl groups is 2. The molecule has 2 N–H and O–H groups in total. The van der Waals surface area contributed by atoms with Crippen LogP contribution in [-0.2, 0) is 67.6 Å². The third kappa shape index (κ3) is 13.8. The molecule has 0 aromatic carbocycles. The number of aliphatic hydroxyl groups excluding tert-OH is 1. The predicted octanol–water partition coefficient (Wildman–Crippen LogP) is 7.53. The Morgan fingerprint density at radius 2 is 1.66 bits per heavy atom. The number of ketones is 2. The lowest BCUT2D eigenvalue weighted by Crippen LogP contribution is -2.64. The first kappa shape index (κ1) is 55.3. The Morgan fingerprint density at radius 1 is 0.955 bits per heavy atom. The second kappa shape index (κ2) is 24.9. The van der Waals surface area contributed by atoms with Gasteiger partial charge in [0.2, 0.25) is 5.79 Å². The first-order chi connectivity index (χ1) is 31.8. The Balaban J connectivity index is 1.46. The van der Waals surface area contributed by atoms with E-state index in [1.165, 1.54) is 37.6 Å². The van der Waals surface area contributed by atoms with Crippen LogP contribution in [0.15, 0.2) is 40.1 Å². The molecular formula is C49H76NO15PS. The molecule has 3 aliphatic heterocycles. The molecule has 5 rings (SSSR count). The van der Waals surface area contributed by atoms with Gasteiger partial charge in [0, 0.05) is 59.2 Å². The summed E-state index contributed by atoms with van der Waals surface area (Å²) in [6, 6.07) is 0.682. The number of phosphoric acid groups is 1. The van der Waals surface area contributed by atoms with Crippen molar-refractivity contribution in [1.82, 2.24) is 4.90 Å². The van der Waals surface area contributed by atoms with Crippen LogP contribution >= 0.6 is 19.2 Å². The second-order valence-electron chi connectivity index (χ2n) is 19.3. The van der Waals surface area contributed by atoms with Gasteiger partial charge in [-0.25, -0.2) is 9.36 Å². The molecule has 0 radical (unpaired) electrons. The average molecular weight is 982 g/mol. The summed E-state index contributed by atoms with van der Waals surface area (Å²) in [7, 11) is 1.93. The molecule has 18 heteroatoms. The number of Topliss-reactive ketones (excluding diaryl/α,β-unsaturated/α-hetero) is 2. The number of phosphoric ester groups is 1. The fourth-order valence-corrected chi connectivity index (χ4v) is 12.1. The van der Waals surface area contributed by atoms with Crippen molar-refractivity contribution in [2.45, 2.75) is 173 Å². The lowest BCUT2D eigenvalue weighted by molar-refractivity contribution is -0.302. The zero-order valence-corrected chi connectivity index (χ0v) is 42.8. The number of piperidine rings is 1. The SMILES string of the molecule is CC[C@@H]1/C=C(\C)C[C@H](C)C[C@H](OC)[C@H]2O[C@@](O)(C(=O)C(=O)N3CCCC[C@H]3C(=O)O[C@H](/C(C)=C/[C@@H]3CC[C@@H](OP(=O)(OC)OCc4ccsc4)[C@H](OC)C3)[C@H](C)C(O)CC1=O)[C@H](C)C[C@@H]2OC. The largest absolute Gasteiger partial charge is 0.475 e. The number of carbonyl (C=O) groups is 4. The van der Waals surface area contributed by atoms with Crippen LogP contribution in [0.4, 0.5) is 0 Å². The molecule has 1 saturated carbocycles. The van der Waals surface area contributed by atoms with Gasteiger partial charge < -0.3 is 38.8 Å². The van der Waals surface area contributed by atoms with Crippen LogP contribution in [0.1, 0.15) is 118 Å². The van der Waals surface area contributed by atoms with Crippen molar-refractivity contribution in [2.75, 3.05) is 35.0 Å². The van der Waals surface area contributed by atoms with Crippen LogP contribution in [0.2, 0.25) is 0 Å². The lowest BCUT2D eigenvalue weighted by Gasteiger charge is -2.47. The number of amides is 1. The van der Waals surface area contributed by atoms with E-state index in [4.69, 9.17) is 37.3 Å². The summed E-state index contributed by atoms with van der Waals surface area (Å²) in [5.74, 6) is -7.93. The Labute approximate surface area is 401 Å². The minimum absolute atomic E-state index is 0.0107. The molecule has 1 aromatic heterocycles. The number of nitrogens with zero attached hydrogens (tertiary/aromatic N) is 1. The standard InChI is InChI=1S/C49H76NO15PS/c1-11-36-21-29(2)20-30(3)22-42(59-8)45-43(60-9)24-32(5)49(56,64-45)46(53)47(54)50-18-13-12-14-37(50)48(55)63-44(33(6)38(51)26-39(36)52)31(4)23-34-15-16-40(41(25-34)58-7)65-66(57,61-10)62-27-35-17-19-67-28-35/h17,19,21,23,28,30,32-34,36-38,40-45,51,56H,11-16,18,20,22,24-27H2,1-10H3/b29-21+,31-23+/t30-,32+,33+,34-,36+,37-,38?,40+,41+,42-,43-,44+,45+,49+,66?/m0/s1. The molecule has 1 amide bonds. The molecule has 0 spiro atoms. The average Bonchev–Trinajstić information content (AvgIpc) is 3.85. The second-order valence-corrected chi connectivity index (χ2v) is 21.8. The zero-order chi connectivity index (χ0) is 49.2. The fraction of sp³-hybridized carbons (Fsp3) is 0.755. The minimum atomic E-state index is -3.94. The smallest absolute Gasteiger partial charge is 0.456 e. The van der Waals surface area contributed by atoms with Gasteiger partial charge in [0.05, 0.1) is 37.1 Å². The number of allylic oxidation sites excluding steroid dienone is 3. The lowest BCUT2D eigenvalue weighted by atomic mass is 9.81. The number of ether oxygens (including phenoxy) is 5. The third-order valence-corrected chi connectivity index (χ3v) is 16.5. The molecular weight excluding hydrogens is 906 g/mol. The minimum Gasteiger partial charge on any atom is -0.456 e. The van der Waals surface area contributed by atoms with Gasteiger partial charge in [-0.05, 0) is 118 Å². The normalized spacial score (nSPS) is 37.7. The van der Waals surface area contributed by atoms with Crippen LogP contribution in [0.3, 0.4) is 0 Å². The summed E-state index contributed by atoms with van der Waals surface area (Å²) in [6.07, 6.45) is 2.74. The van der Waals surface area contributed by atoms with E-state index in [0.29, 0.717) is 56.9 Å². The molecule has 15 atom stereocenters. The van der Waals surface area contributed by atoms with Gasteiger partial charge in [-0.15, -0.1) is 0 Å². The number of esters is 1. The van der Waals surface area contributed by atoms with Gasteiger partial charge in [0.15, 0.2) is 0 Å². The van der Waals surface area contributed by atoms with Crippen LogP contribution in [0.25, 0.3) is 0 Å². The highest BCUT2D eigenvalue weighted by Gasteiger charge is 2.56. The first-order valence-corrected chi connectivity index (χ1v) is 26.3. The highest BCUT2D eigenvalue weighted by Crippen LogP contribution is 2.53. The summed E-state index contributed by atoms with van der Waals surface area (Å²) in [5, 5.41) is 27.8. The van der Waals surface area contributed by atoms with E-state index in [2.05, 4.69) is 0 Å². The van der Waals surface area contributed by atoms with Gasteiger partial charge in [-0.2, -0.15) is 11.3 Å². The van der Waals surface area contributed by atoms with Gasteiger partial charge in [-0.1, -0.05) is 45.4 Å². The maximum Gasteiger partial charge on any atom is 0.475 e. The highest BCUT2D eigenvalue weighted by atomic mass is 32.1. The van der Waals surface area contributed by atoms with Crippen LogP contribution in [0, 0.1) is 29.6 Å². The molecule has 1 aliphatic carbocycles. The monoisotopic (exact) mass is 981 g/mol. The van der Waals surface area contributed by atoms with E-state index < -0.39 is 97.8 Å². The van der Waals surface area contributed by atoms with Crippen LogP contribution < -0.4 is 0 Å². The molecule has 16 nitrogen and oxygen atoms in total. The van der Waals surface area contributed by atoms with Crippen molar-refractivity contribution < 1.29 is 71.2 Å². The number of fused-ring (bicyclic) bond motifs is 3. The number of carbonyl (C=O) groups excluding carboxylic acids is 4. The van der Waals surface area contributed by atoms with E-state index in [0.717, 1.165) is 11.1 Å². The Morgan fingerprint density at radius 3 is 2.30 bits per heavy atom. The van der Waals surface area contributed by atoms with Crippen molar-refractivity contribution in [3.05, 3.63) is 45.7 Å². The summed E-state index contributed by atoms with van der Waals surface area (Å²) in [4.78, 5) is 58.4. The van der Waals surface area contributed by atoms with Gasteiger partial charge >= 0.3 is 13.8 Å². The van der Waals surface area contributed by atoms with Gasteiger partial charge in [-0.3, -0.25) is 28.0 Å². The maximum absolute atomic E-state index is 14.5. The molecule has 4 heterocycles. The number of methoxy groups -OCH3 is 3. The molecule has 1 aromatic rings. The molecule has 4 aliphatic rings. The van der Waals surface area contributed by atoms with Gasteiger partial charge in [0.25, 0.3) is 11.7 Å². The van der Waals surface area contributed by atoms with E-state index in [9.17, 15) is 34.0 Å². The van der Waals surface area contributed by atoms with Gasteiger partial charge in [0.1, 0.15) is 24.0 Å². The van der Waals surface area contributed by atoms with Crippen molar-refractivity contribution >= 4 is 42.6 Å². The third-order valence-electron chi connectivity index (χ3n) is 14.3. The van der Waals surface area contributed by atoms with E-state index >= 15 is 0 Å². The topological polar surface area (TPSA) is 203 Å². The molecule has 378 valence electrons. The summed E-state index contributed by atoms with van der Waals surface area (Å²) in [5.41, 5.74) is 2.43. The molecule has 2 bridgehead atoms. The number of hydrogen-bond acceptors (Lipinski definition) is 16. The quantitative estimate of drug-likeness (QED) is 0.0900. The van der Waals surface area contributed by atoms with Crippen molar-refractivity contribution in [3.63, 3.8) is 0 Å². The summed E-state index contributed by atoms with van der Waals surface area (Å²) >= 11 is 1.49. The number of rotatable bonds is 12. The Kier molecular flexibility index (Phi) is 20.6. The van der Waals surface area contributed by atoms with E-state index in [1.807, 2.05) is 49.7 Å². The summed E-state index contributed by atoms with van der Waals surface area (Å²) in [6.45, 7) is 11.2. The number of thiophene rings is 1. The number of cyclic esters (lactones) is 1. The zero-order valence-electron chi connectivity index (χ0n) is 41.1. The molecule has 3 fully saturated rings. The van der Waals surface area contributed by atoms with E-state index in [1.54, 1.807) is 27.9 Å². The Hall–Kier alpha value is -2.67. The summed E-state index contributed by atoms with van der Waals surface area (Å²) < 4.78 is 60.7. The molecule has 67 heavy (non-hydrogen) atoms. The fourth-order valence-electron chi connectivity index (χ4n) is 10.3. The molecule has 2 unspecified atom stereocenters. The van der Waals surface area contributed by atoms with Crippen LogP contribution in [0.5, 0.6) is 0 Å². The number of hydrogen-bond donors (Lipinski definition) is 2. The van der Waals surface area contributed by atoms with Crippen LogP contribution in [-0.4, -0.2) is 128 Å². The first-order valence-electron chi connectivity index (χ1n) is 23.9. The van der Waals surface area contributed by atoms with Crippen molar-refractivity contribution in [3.8, 4) is 0 Å².